The lowest BCUT2D eigenvalue weighted by Gasteiger charge is -2.19. The molecule has 1 nitrogen and oxygen atoms in total. The molecule has 0 radical (unpaired) electrons. The van der Waals surface area contributed by atoms with E-state index in [0.29, 0.717) is 6.04 Å². The van der Waals surface area contributed by atoms with Crippen LogP contribution in [0.25, 0.3) is 0 Å². The summed E-state index contributed by atoms with van der Waals surface area (Å²) in [5.74, 6) is 0. The van der Waals surface area contributed by atoms with Gasteiger partial charge < -0.3 is 5.32 Å². The van der Waals surface area contributed by atoms with Crippen LogP contribution in [0.3, 0.4) is 0 Å². The summed E-state index contributed by atoms with van der Waals surface area (Å²) in [6.45, 7) is 1.01. The van der Waals surface area contributed by atoms with Gasteiger partial charge in [0.2, 0.25) is 0 Å². The van der Waals surface area contributed by atoms with E-state index in [2.05, 4.69) is 45.5 Å². The maximum atomic E-state index is 3.79. The predicted molar refractivity (Wildman–Crippen MR) is 95.6 cm³/mol. The van der Waals surface area contributed by atoms with Crippen molar-refractivity contribution in [3.05, 3.63) is 34.3 Å². The number of benzene rings is 1. The van der Waals surface area contributed by atoms with E-state index in [1.807, 2.05) is 0 Å². The van der Waals surface area contributed by atoms with E-state index in [1.54, 1.807) is 0 Å². The SMILES string of the molecule is Brc1ccc(CNC2CCCCCCCCCCC2)cc1. The van der Waals surface area contributed by atoms with E-state index >= 15 is 0 Å². The minimum Gasteiger partial charge on any atom is -0.310 e. The molecule has 0 aliphatic heterocycles. The van der Waals surface area contributed by atoms with Crippen molar-refractivity contribution >= 4 is 15.9 Å². The van der Waals surface area contributed by atoms with Crippen LogP contribution in [0.15, 0.2) is 28.7 Å². The van der Waals surface area contributed by atoms with Gasteiger partial charge >= 0.3 is 0 Å². The standard InChI is InChI=1S/C19H30BrN/c20-18-14-12-17(13-15-18)16-21-19-10-8-6-4-2-1-3-5-7-9-11-19/h12-15,19,21H,1-11,16H2. The second-order valence-electron chi connectivity index (χ2n) is 6.46. The molecule has 1 aliphatic rings. The Balaban J connectivity index is 1.75. The monoisotopic (exact) mass is 351 g/mol. The molecule has 0 spiro atoms. The molecule has 1 aromatic carbocycles. The largest absolute Gasteiger partial charge is 0.310 e. The van der Waals surface area contributed by atoms with Crippen LogP contribution in [0, 0.1) is 0 Å². The highest BCUT2D eigenvalue weighted by molar-refractivity contribution is 9.10. The van der Waals surface area contributed by atoms with Gasteiger partial charge in [-0.05, 0) is 30.5 Å². The van der Waals surface area contributed by atoms with E-state index in [-0.39, 0.29) is 0 Å². The van der Waals surface area contributed by atoms with E-state index in [1.165, 1.54) is 76.2 Å². The van der Waals surface area contributed by atoms with Gasteiger partial charge in [0.25, 0.3) is 0 Å². The molecule has 1 aliphatic carbocycles. The quantitative estimate of drug-likeness (QED) is 0.682. The van der Waals surface area contributed by atoms with Gasteiger partial charge in [0.1, 0.15) is 0 Å². The zero-order valence-corrected chi connectivity index (χ0v) is 14.8. The fourth-order valence-electron chi connectivity index (χ4n) is 3.23. The second-order valence-corrected chi connectivity index (χ2v) is 7.38. The Hall–Kier alpha value is -0.340. The molecule has 0 amide bonds. The molecule has 118 valence electrons. The summed E-state index contributed by atoms with van der Waals surface area (Å²) in [6.07, 6.45) is 15.6. The van der Waals surface area contributed by atoms with E-state index in [0.717, 1.165) is 11.0 Å². The van der Waals surface area contributed by atoms with Gasteiger partial charge in [-0.2, -0.15) is 0 Å². The van der Waals surface area contributed by atoms with Crippen LogP contribution < -0.4 is 5.32 Å². The molecule has 0 saturated heterocycles. The molecule has 0 unspecified atom stereocenters. The van der Waals surface area contributed by atoms with Crippen molar-refractivity contribution in [1.29, 1.82) is 0 Å². The third kappa shape index (κ3) is 7.46. The van der Waals surface area contributed by atoms with Gasteiger partial charge in [-0.25, -0.2) is 0 Å². The highest BCUT2D eigenvalue weighted by Gasteiger charge is 2.09. The third-order valence-corrected chi connectivity index (χ3v) is 5.14. The summed E-state index contributed by atoms with van der Waals surface area (Å²) in [6, 6.07) is 9.42. The van der Waals surface area contributed by atoms with Gasteiger partial charge in [0, 0.05) is 17.1 Å². The highest BCUT2D eigenvalue weighted by Crippen LogP contribution is 2.17. The number of hydrogen-bond donors (Lipinski definition) is 1. The Morgan fingerprint density at radius 1 is 0.762 bits per heavy atom. The van der Waals surface area contributed by atoms with Gasteiger partial charge in [0.05, 0.1) is 0 Å². The summed E-state index contributed by atoms with van der Waals surface area (Å²) >= 11 is 3.50. The average molecular weight is 352 g/mol. The Morgan fingerprint density at radius 3 is 1.76 bits per heavy atom. The molecule has 1 N–H and O–H groups in total. The Morgan fingerprint density at radius 2 is 1.24 bits per heavy atom. The van der Waals surface area contributed by atoms with Crippen molar-refractivity contribution in [1.82, 2.24) is 5.32 Å². The summed E-state index contributed by atoms with van der Waals surface area (Å²) in [7, 11) is 0. The number of rotatable bonds is 3. The molecule has 0 bridgehead atoms. The molecule has 0 atom stereocenters. The van der Waals surface area contributed by atoms with Crippen molar-refractivity contribution in [3.63, 3.8) is 0 Å². The van der Waals surface area contributed by atoms with Crippen LogP contribution in [0.1, 0.15) is 76.2 Å². The first kappa shape index (κ1) is 17.0. The Labute approximate surface area is 139 Å². The van der Waals surface area contributed by atoms with E-state index in [9.17, 15) is 0 Å². The topological polar surface area (TPSA) is 12.0 Å². The number of nitrogens with one attached hydrogen (secondary N) is 1. The van der Waals surface area contributed by atoms with Crippen molar-refractivity contribution in [2.24, 2.45) is 0 Å². The lowest BCUT2D eigenvalue weighted by Crippen LogP contribution is -2.28. The molecule has 2 heteroatoms. The maximum Gasteiger partial charge on any atom is 0.0208 e. The minimum atomic E-state index is 0.716. The van der Waals surface area contributed by atoms with E-state index < -0.39 is 0 Å². The molecular weight excluding hydrogens is 322 g/mol. The van der Waals surface area contributed by atoms with Crippen molar-refractivity contribution < 1.29 is 0 Å². The Kier molecular flexibility index (Phi) is 8.43. The molecule has 21 heavy (non-hydrogen) atoms. The predicted octanol–water partition coefficient (Wildman–Crippen LogP) is 6.21. The summed E-state index contributed by atoms with van der Waals surface area (Å²) in [4.78, 5) is 0. The molecule has 1 fully saturated rings. The minimum absolute atomic E-state index is 0.716. The molecule has 1 aromatic rings. The molecule has 1 saturated carbocycles. The van der Waals surface area contributed by atoms with Gasteiger partial charge in [-0.15, -0.1) is 0 Å². The lowest BCUT2D eigenvalue weighted by atomic mass is 9.98. The van der Waals surface area contributed by atoms with Gasteiger partial charge in [-0.1, -0.05) is 85.9 Å². The summed E-state index contributed by atoms with van der Waals surface area (Å²) < 4.78 is 1.16. The normalized spacial score (nSPS) is 19.7. The molecule has 2 rings (SSSR count). The number of halogens is 1. The highest BCUT2D eigenvalue weighted by atomic mass is 79.9. The zero-order valence-electron chi connectivity index (χ0n) is 13.2. The Bertz CT molecular complexity index is 362. The van der Waals surface area contributed by atoms with E-state index in [4.69, 9.17) is 0 Å². The average Bonchev–Trinajstić information content (AvgIpc) is 2.48. The van der Waals surface area contributed by atoms with Crippen molar-refractivity contribution in [2.75, 3.05) is 0 Å². The summed E-state index contributed by atoms with van der Waals surface area (Å²) in [5.41, 5.74) is 1.39. The second kappa shape index (κ2) is 10.4. The first-order chi connectivity index (χ1) is 10.3. The zero-order chi connectivity index (χ0) is 14.8. The van der Waals surface area contributed by atoms with Crippen LogP contribution >= 0.6 is 15.9 Å². The van der Waals surface area contributed by atoms with Crippen LogP contribution in [-0.2, 0) is 6.54 Å². The molecule has 0 heterocycles. The third-order valence-electron chi connectivity index (χ3n) is 4.61. The maximum absolute atomic E-state index is 3.79. The number of hydrogen-bond acceptors (Lipinski definition) is 1. The van der Waals surface area contributed by atoms with Crippen molar-refractivity contribution in [2.45, 2.75) is 83.2 Å². The van der Waals surface area contributed by atoms with Crippen LogP contribution in [-0.4, -0.2) is 6.04 Å². The van der Waals surface area contributed by atoms with Crippen molar-refractivity contribution in [3.8, 4) is 0 Å². The first-order valence-corrected chi connectivity index (χ1v) is 9.62. The van der Waals surface area contributed by atoms with Gasteiger partial charge in [0.15, 0.2) is 0 Å². The summed E-state index contributed by atoms with van der Waals surface area (Å²) in [5, 5.41) is 3.79. The first-order valence-electron chi connectivity index (χ1n) is 8.82. The van der Waals surface area contributed by atoms with Crippen LogP contribution in [0.4, 0.5) is 0 Å². The van der Waals surface area contributed by atoms with Gasteiger partial charge in [-0.3, -0.25) is 0 Å². The fourth-order valence-corrected chi connectivity index (χ4v) is 3.50. The molecule has 0 aromatic heterocycles. The fraction of sp³-hybridized carbons (Fsp3) is 0.684. The lowest BCUT2D eigenvalue weighted by molar-refractivity contribution is 0.403. The smallest absolute Gasteiger partial charge is 0.0208 e. The molecular formula is C19H30BrN. The van der Waals surface area contributed by atoms with Crippen LogP contribution in [0.5, 0.6) is 0 Å². The van der Waals surface area contributed by atoms with Crippen LogP contribution in [0.2, 0.25) is 0 Å².